The molecule has 3 N–H and O–H groups in total. The minimum atomic E-state index is -0.193. The minimum Gasteiger partial charge on any atom is -0.396 e. The highest BCUT2D eigenvalue weighted by molar-refractivity contribution is 14.0. The van der Waals surface area contributed by atoms with Crippen LogP contribution in [0.5, 0.6) is 0 Å². The van der Waals surface area contributed by atoms with Gasteiger partial charge in [-0.15, -0.1) is 24.0 Å². The van der Waals surface area contributed by atoms with Crippen molar-refractivity contribution in [2.45, 2.75) is 51.9 Å². The van der Waals surface area contributed by atoms with Crippen molar-refractivity contribution in [3.8, 4) is 0 Å². The summed E-state index contributed by atoms with van der Waals surface area (Å²) in [6.07, 6.45) is 7.66. The van der Waals surface area contributed by atoms with Gasteiger partial charge in [-0.25, -0.2) is 4.39 Å². The van der Waals surface area contributed by atoms with Gasteiger partial charge < -0.3 is 15.7 Å². The monoisotopic (exact) mass is 477 g/mol. The highest BCUT2D eigenvalue weighted by Gasteiger charge is 2.31. The van der Waals surface area contributed by atoms with E-state index in [9.17, 15) is 9.50 Å². The van der Waals surface area contributed by atoms with Crippen molar-refractivity contribution >= 4 is 29.9 Å². The lowest BCUT2D eigenvalue weighted by Gasteiger charge is -2.35. The van der Waals surface area contributed by atoms with Crippen LogP contribution < -0.4 is 10.6 Å². The number of aliphatic imine (C=N–C) groups is 1. The van der Waals surface area contributed by atoms with Crippen LogP contribution in [0.1, 0.15) is 51.0 Å². The maximum Gasteiger partial charge on any atom is 0.191 e. The molecule has 0 atom stereocenters. The van der Waals surface area contributed by atoms with Crippen molar-refractivity contribution in [2.24, 2.45) is 10.4 Å². The predicted octanol–water partition coefficient (Wildman–Crippen LogP) is 3.87. The normalized spacial score (nSPS) is 16.7. The minimum absolute atomic E-state index is 0. The summed E-state index contributed by atoms with van der Waals surface area (Å²) in [4.78, 5) is 4.79. The molecule has 1 saturated carbocycles. The van der Waals surface area contributed by atoms with E-state index in [1.807, 2.05) is 13.0 Å². The van der Waals surface area contributed by atoms with Gasteiger partial charge in [0.05, 0.1) is 0 Å². The largest absolute Gasteiger partial charge is 0.396 e. The van der Waals surface area contributed by atoms with Crippen LogP contribution in [0.25, 0.3) is 0 Å². The molecule has 0 heterocycles. The maximum atomic E-state index is 13.2. The molecule has 26 heavy (non-hydrogen) atoms. The van der Waals surface area contributed by atoms with Crippen LogP contribution in [-0.2, 0) is 6.42 Å². The van der Waals surface area contributed by atoms with Crippen LogP contribution in [0, 0.1) is 11.2 Å². The maximum absolute atomic E-state index is 13.2. The van der Waals surface area contributed by atoms with Crippen LogP contribution in [0.15, 0.2) is 29.3 Å². The molecule has 0 amide bonds. The van der Waals surface area contributed by atoms with Gasteiger partial charge in [0.1, 0.15) is 5.82 Å². The Morgan fingerprint density at radius 3 is 2.65 bits per heavy atom. The number of hydrogen-bond donors (Lipinski definition) is 3. The fourth-order valence-electron chi connectivity index (χ4n) is 3.63. The molecule has 1 aliphatic rings. The van der Waals surface area contributed by atoms with Gasteiger partial charge in [0.25, 0.3) is 0 Å². The molecule has 0 bridgehead atoms. The molecule has 2 rings (SSSR count). The van der Waals surface area contributed by atoms with Crippen molar-refractivity contribution in [3.63, 3.8) is 0 Å². The molecule has 1 fully saturated rings. The fraction of sp³-hybridized carbons (Fsp3) is 0.650. The van der Waals surface area contributed by atoms with E-state index in [0.29, 0.717) is 6.54 Å². The first-order valence-electron chi connectivity index (χ1n) is 9.55. The second kappa shape index (κ2) is 12.5. The molecule has 0 aliphatic heterocycles. The van der Waals surface area contributed by atoms with Gasteiger partial charge in [-0.05, 0) is 55.7 Å². The molecule has 148 valence electrons. The molecule has 1 aromatic rings. The number of guanidine groups is 1. The molecule has 6 heteroatoms. The van der Waals surface area contributed by atoms with Crippen molar-refractivity contribution in [3.05, 3.63) is 35.6 Å². The van der Waals surface area contributed by atoms with Gasteiger partial charge in [0.15, 0.2) is 5.96 Å². The number of nitrogens with zero attached hydrogens (tertiary/aromatic N) is 1. The number of benzene rings is 1. The first-order valence-corrected chi connectivity index (χ1v) is 9.55. The smallest absolute Gasteiger partial charge is 0.191 e. The van der Waals surface area contributed by atoms with E-state index in [2.05, 4.69) is 10.6 Å². The lowest BCUT2D eigenvalue weighted by Crippen LogP contribution is -2.40. The van der Waals surface area contributed by atoms with Gasteiger partial charge in [-0.2, -0.15) is 0 Å². The van der Waals surface area contributed by atoms with E-state index in [-0.39, 0.29) is 41.8 Å². The van der Waals surface area contributed by atoms with E-state index < -0.39 is 0 Å². The van der Waals surface area contributed by atoms with Gasteiger partial charge in [-0.1, -0.05) is 31.4 Å². The summed E-state index contributed by atoms with van der Waals surface area (Å²) in [6, 6.07) is 6.72. The Hall–Kier alpha value is -0.890. The summed E-state index contributed by atoms with van der Waals surface area (Å²) < 4.78 is 13.2. The summed E-state index contributed by atoms with van der Waals surface area (Å²) >= 11 is 0. The first kappa shape index (κ1) is 23.1. The quantitative estimate of drug-likeness (QED) is 0.303. The second-order valence-corrected chi connectivity index (χ2v) is 7.04. The van der Waals surface area contributed by atoms with Crippen LogP contribution in [-0.4, -0.2) is 37.3 Å². The number of aliphatic hydroxyl groups excluding tert-OH is 1. The van der Waals surface area contributed by atoms with Crippen molar-refractivity contribution in [1.29, 1.82) is 0 Å². The van der Waals surface area contributed by atoms with Gasteiger partial charge in [0, 0.05) is 26.2 Å². The third kappa shape index (κ3) is 7.78. The Morgan fingerprint density at radius 2 is 2.00 bits per heavy atom. The predicted molar refractivity (Wildman–Crippen MR) is 117 cm³/mol. The Balaban J connectivity index is 0.00000338. The third-order valence-corrected chi connectivity index (χ3v) is 5.07. The topological polar surface area (TPSA) is 56.7 Å². The average Bonchev–Trinajstić information content (AvgIpc) is 2.61. The first-order chi connectivity index (χ1) is 12.2. The fourth-order valence-corrected chi connectivity index (χ4v) is 3.63. The van der Waals surface area contributed by atoms with Crippen molar-refractivity contribution in [2.75, 3.05) is 26.2 Å². The van der Waals surface area contributed by atoms with E-state index in [1.54, 1.807) is 12.1 Å². The Labute approximate surface area is 174 Å². The molecule has 0 unspecified atom stereocenters. The number of nitrogens with one attached hydrogen (secondary N) is 2. The molecule has 0 saturated heterocycles. The number of hydrogen-bond acceptors (Lipinski definition) is 2. The van der Waals surface area contributed by atoms with E-state index in [0.717, 1.165) is 50.3 Å². The molecule has 1 aromatic carbocycles. The van der Waals surface area contributed by atoms with Crippen molar-refractivity contribution in [1.82, 2.24) is 10.6 Å². The van der Waals surface area contributed by atoms with Crippen LogP contribution in [0.3, 0.4) is 0 Å². The van der Waals surface area contributed by atoms with Crippen molar-refractivity contribution < 1.29 is 9.50 Å². The number of halogens is 2. The number of aliphatic hydroxyl groups is 1. The lowest BCUT2D eigenvalue weighted by molar-refractivity contribution is 0.137. The summed E-state index contributed by atoms with van der Waals surface area (Å²) in [5.74, 6) is 0.614. The molecule has 0 spiro atoms. The zero-order valence-corrected chi connectivity index (χ0v) is 18.1. The van der Waals surface area contributed by atoms with E-state index in [4.69, 9.17) is 4.99 Å². The summed E-state index contributed by atoms with van der Waals surface area (Å²) in [7, 11) is 0. The Kier molecular flexibility index (Phi) is 11.1. The zero-order valence-electron chi connectivity index (χ0n) is 15.8. The zero-order chi connectivity index (χ0) is 18.0. The van der Waals surface area contributed by atoms with Gasteiger partial charge >= 0.3 is 0 Å². The molecule has 4 nitrogen and oxygen atoms in total. The summed E-state index contributed by atoms with van der Waals surface area (Å²) in [6.45, 7) is 4.55. The molecule has 0 aromatic heterocycles. The van der Waals surface area contributed by atoms with Gasteiger partial charge in [0.2, 0.25) is 0 Å². The standard InChI is InChI=1S/C20H32FN3O.HI/c1-2-22-19(23-13-9-17-7-6-8-18(21)15-17)24-16-20(12-14-25)10-4-3-5-11-20;/h6-8,15,25H,2-5,9-14,16H2,1H3,(H2,22,23,24);1H. The highest BCUT2D eigenvalue weighted by Crippen LogP contribution is 2.39. The Bertz CT molecular complexity index is 542. The molecular weight excluding hydrogens is 444 g/mol. The molecule has 0 radical (unpaired) electrons. The van der Waals surface area contributed by atoms with Crippen LogP contribution in [0.2, 0.25) is 0 Å². The summed E-state index contributed by atoms with van der Waals surface area (Å²) in [5.41, 5.74) is 1.13. The lowest BCUT2D eigenvalue weighted by atomic mass is 9.72. The molecular formula is C20H33FIN3O. The number of rotatable bonds is 8. The highest BCUT2D eigenvalue weighted by atomic mass is 127. The van der Waals surface area contributed by atoms with Crippen LogP contribution >= 0.6 is 24.0 Å². The van der Waals surface area contributed by atoms with E-state index >= 15 is 0 Å². The van der Waals surface area contributed by atoms with Gasteiger partial charge in [-0.3, -0.25) is 4.99 Å². The summed E-state index contributed by atoms with van der Waals surface area (Å²) in [5, 5.41) is 16.1. The SMILES string of the molecule is CCNC(=NCC1(CCO)CCCCC1)NCCc1cccc(F)c1.I. The van der Waals surface area contributed by atoms with Crippen LogP contribution in [0.4, 0.5) is 4.39 Å². The third-order valence-electron chi connectivity index (χ3n) is 5.07. The average molecular weight is 477 g/mol. The Morgan fingerprint density at radius 1 is 1.23 bits per heavy atom. The molecule has 1 aliphatic carbocycles. The van der Waals surface area contributed by atoms with E-state index in [1.165, 1.54) is 25.3 Å². The second-order valence-electron chi connectivity index (χ2n) is 7.04.